The molecule has 8 heteroatoms. The highest BCUT2D eigenvalue weighted by Crippen LogP contribution is 2.24. The Labute approximate surface area is 157 Å². The van der Waals surface area contributed by atoms with Gasteiger partial charge in [0.1, 0.15) is 0 Å². The zero-order chi connectivity index (χ0) is 19.8. The molecule has 1 amide bonds. The lowest BCUT2D eigenvalue weighted by Crippen LogP contribution is -2.57. The van der Waals surface area contributed by atoms with Crippen molar-refractivity contribution in [3.63, 3.8) is 0 Å². The van der Waals surface area contributed by atoms with Crippen molar-refractivity contribution in [3.05, 3.63) is 29.6 Å². The SMILES string of the molecule is COCC(C)(C)N1CCN(C(=O)c2ccc3c(c2)nc(C(F)F)n3C)CC1. The van der Waals surface area contributed by atoms with Gasteiger partial charge in [0.25, 0.3) is 12.3 Å². The summed E-state index contributed by atoms with van der Waals surface area (Å²) in [6.07, 6.45) is -2.65. The number of amides is 1. The molecule has 3 rings (SSSR count). The fourth-order valence-electron chi connectivity index (χ4n) is 3.69. The molecule has 0 saturated carbocycles. The van der Waals surface area contributed by atoms with Crippen molar-refractivity contribution in [2.24, 2.45) is 7.05 Å². The van der Waals surface area contributed by atoms with Gasteiger partial charge in [-0.15, -0.1) is 0 Å². The largest absolute Gasteiger partial charge is 0.383 e. The summed E-state index contributed by atoms with van der Waals surface area (Å²) >= 11 is 0. The number of benzene rings is 1. The zero-order valence-electron chi connectivity index (χ0n) is 16.2. The van der Waals surface area contributed by atoms with E-state index in [1.54, 1.807) is 37.3 Å². The molecule has 0 radical (unpaired) electrons. The van der Waals surface area contributed by atoms with Crippen molar-refractivity contribution in [1.82, 2.24) is 19.4 Å². The summed E-state index contributed by atoms with van der Waals surface area (Å²) in [5.74, 6) is -0.381. The summed E-state index contributed by atoms with van der Waals surface area (Å²) in [5, 5.41) is 0. The lowest BCUT2D eigenvalue weighted by atomic mass is 10.0. The van der Waals surface area contributed by atoms with Gasteiger partial charge >= 0.3 is 0 Å². The van der Waals surface area contributed by atoms with Crippen LogP contribution >= 0.6 is 0 Å². The van der Waals surface area contributed by atoms with Gasteiger partial charge in [0.2, 0.25) is 0 Å². The molecule has 1 aromatic carbocycles. The molecule has 0 N–H and O–H groups in total. The maximum atomic E-state index is 13.0. The molecule has 6 nitrogen and oxygen atoms in total. The Hall–Kier alpha value is -2.06. The number of ether oxygens (including phenoxy) is 1. The Kier molecular flexibility index (Phi) is 5.48. The highest BCUT2D eigenvalue weighted by atomic mass is 19.3. The second-order valence-corrected chi connectivity index (χ2v) is 7.56. The molecule has 0 atom stereocenters. The number of halogens is 2. The molecule has 2 aromatic rings. The van der Waals surface area contributed by atoms with Crippen LogP contribution < -0.4 is 0 Å². The van der Waals surface area contributed by atoms with Crippen LogP contribution in [0.4, 0.5) is 8.78 Å². The van der Waals surface area contributed by atoms with E-state index in [1.807, 2.05) is 0 Å². The van der Waals surface area contributed by atoms with Crippen LogP contribution in [-0.2, 0) is 11.8 Å². The average Bonchev–Trinajstić information content (AvgIpc) is 2.97. The van der Waals surface area contributed by atoms with E-state index in [-0.39, 0.29) is 17.3 Å². The number of hydrogen-bond acceptors (Lipinski definition) is 4. The fourth-order valence-corrected chi connectivity index (χ4v) is 3.69. The van der Waals surface area contributed by atoms with Crippen LogP contribution in [0, 0.1) is 0 Å². The number of rotatable bonds is 5. The van der Waals surface area contributed by atoms with E-state index in [2.05, 4.69) is 23.7 Å². The van der Waals surface area contributed by atoms with Crippen LogP contribution in [0.15, 0.2) is 18.2 Å². The minimum absolute atomic E-state index is 0.0809. The highest BCUT2D eigenvalue weighted by Gasteiger charge is 2.31. The van der Waals surface area contributed by atoms with Crippen molar-refractivity contribution < 1.29 is 18.3 Å². The smallest absolute Gasteiger partial charge is 0.295 e. The summed E-state index contributed by atoms with van der Waals surface area (Å²) in [4.78, 5) is 21.0. The van der Waals surface area contributed by atoms with E-state index in [0.29, 0.717) is 36.3 Å². The van der Waals surface area contributed by atoms with Crippen LogP contribution in [0.1, 0.15) is 36.5 Å². The molecule has 1 saturated heterocycles. The Morgan fingerprint density at radius 3 is 2.52 bits per heavy atom. The minimum atomic E-state index is -2.65. The Morgan fingerprint density at radius 2 is 1.93 bits per heavy atom. The van der Waals surface area contributed by atoms with Gasteiger partial charge < -0.3 is 14.2 Å². The molecule has 0 unspecified atom stereocenters. The quantitative estimate of drug-likeness (QED) is 0.800. The molecular formula is C19H26F2N4O2. The van der Waals surface area contributed by atoms with E-state index >= 15 is 0 Å². The molecule has 148 valence electrons. The van der Waals surface area contributed by atoms with E-state index in [4.69, 9.17) is 4.74 Å². The number of aromatic nitrogens is 2. The predicted octanol–water partition coefficient (Wildman–Crippen LogP) is 2.69. The standard InChI is InChI=1S/C19H26F2N4O2/c1-19(2,12-27-4)25-9-7-24(8-10-25)18(26)13-5-6-15-14(11-13)22-17(16(20)21)23(15)3/h5-6,11,16H,7-10,12H2,1-4H3. The molecule has 1 aliphatic rings. The molecule has 0 bridgehead atoms. The molecule has 0 aliphatic carbocycles. The number of fused-ring (bicyclic) bond motifs is 1. The van der Waals surface area contributed by atoms with Gasteiger partial charge in [0.15, 0.2) is 5.82 Å². The van der Waals surface area contributed by atoms with Gasteiger partial charge in [-0.2, -0.15) is 0 Å². The number of piperazine rings is 1. The molecular weight excluding hydrogens is 354 g/mol. The Balaban J connectivity index is 1.73. The highest BCUT2D eigenvalue weighted by molar-refractivity contribution is 5.97. The minimum Gasteiger partial charge on any atom is -0.383 e. The maximum absolute atomic E-state index is 13.0. The zero-order valence-corrected chi connectivity index (χ0v) is 16.2. The predicted molar refractivity (Wildman–Crippen MR) is 99.1 cm³/mol. The lowest BCUT2D eigenvalue weighted by Gasteiger charge is -2.43. The van der Waals surface area contributed by atoms with Crippen LogP contribution in [0.2, 0.25) is 0 Å². The average molecular weight is 380 g/mol. The summed E-state index contributed by atoms with van der Waals surface area (Å²) in [7, 11) is 3.24. The number of carbonyl (C=O) groups is 1. The summed E-state index contributed by atoms with van der Waals surface area (Å²) < 4.78 is 32.7. The van der Waals surface area contributed by atoms with E-state index in [9.17, 15) is 13.6 Å². The number of methoxy groups -OCH3 is 1. The van der Waals surface area contributed by atoms with E-state index in [0.717, 1.165) is 13.1 Å². The third kappa shape index (κ3) is 3.82. The lowest BCUT2D eigenvalue weighted by molar-refractivity contribution is 0.00372. The molecule has 1 aromatic heterocycles. The topological polar surface area (TPSA) is 50.6 Å². The number of nitrogens with zero attached hydrogens (tertiary/aromatic N) is 4. The second-order valence-electron chi connectivity index (χ2n) is 7.56. The van der Waals surface area contributed by atoms with E-state index < -0.39 is 6.43 Å². The first kappa shape index (κ1) is 19.7. The number of alkyl halides is 2. The Morgan fingerprint density at radius 1 is 1.26 bits per heavy atom. The number of imidazole rings is 1. The third-order valence-corrected chi connectivity index (χ3v) is 5.28. The van der Waals surface area contributed by atoms with Crippen LogP contribution in [0.5, 0.6) is 0 Å². The molecule has 0 spiro atoms. The van der Waals surface area contributed by atoms with Crippen molar-refractivity contribution in [2.45, 2.75) is 25.8 Å². The Bertz CT molecular complexity index is 826. The van der Waals surface area contributed by atoms with Crippen molar-refractivity contribution in [3.8, 4) is 0 Å². The van der Waals surface area contributed by atoms with Crippen molar-refractivity contribution >= 4 is 16.9 Å². The third-order valence-electron chi connectivity index (χ3n) is 5.28. The first-order chi connectivity index (χ1) is 12.7. The number of aryl methyl sites for hydroxylation is 1. The maximum Gasteiger partial charge on any atom is 0.295 e. The fraction of sp³-hybridized carbons (Fsp3) is 0.579. The first-order valence-electron chi connectivity index (χ1n) is 9.02. The van der Waals surface area contributed by atoms with Gasteiger partial charge in [-0.1, -0.05) is 0 Å². The molecule has 27 heavy (non-hydrogen) atoms. The van der Waals surface area contributed by atoms with E-state index in [1.165, 1.54) is 4.57 Å². The van der Waals surface area contributed by atoms with Crippen LogP contribution in [0.3, 0.4) is 0 Å². The normalized spacial score (nSPS) is 16.5. The second kappa shape index (κ2) is 7.52. The van der Waals surface area contributed by atoms with Crippen LogP contribution in [0.25, 0.3) is 11.0 Å². The monoisotopic (exact) mass is 380 g/mol. The first-order valence-corrected chi connectivity index (χ1v) is 9.02. The van der Waals surface area contributed by atoms with Crippen molar-refractivity contribution in [1.29, 1.82) is 0 Å². The van der Waals surface area contributed by atoms with Crippen LogP contribution in [-0.4, -0.2) is 70.7 Å². The summed E-state index contributed by atoms with van der Waals surface area (Å²) in [6.45, 7) is 7.66. The summed E-state index contributed by atoms with van der Waals surface area (Å²) in [6, 6.07) is 4.97. The summed E-state index contributed by atoms with van der Waals surface area (Å²) in [5.41, 5.74) is 1.40. The van der Waals surface area contributed by atoms with Gasteiger partial charge in [-0.3, -0.25) is 9.69 Å². The van der Waals surface area contributed by atoms with Crippen molar-refractivity contribution in [2.75, 3.05) is 39.9 Å². The molecule has 1 fully saturated rings. The van der Waals surface area contributed by atoms with Gasteiger partial charge in [-0.25, -0.2) is 13.8 Å². The molecule has 1 aliphatic heterocycles. The van der Waals surface area contributed by atoms with Gasteiger partial charge in [-0.05, 0) is 32.0 Å². The number of carbonyl (C=O) groups excluding carboxylic acids is 1. The molecule has 2 heterocycles. The van der Waals surface area contributed by atoms with Gasteiger partial charge in [0, 0.05) is 51.4 Å². The number of hydrogen-bond donors (Lipinski definition) is 0. The van der Waals surface area contributed by atoms with Gasteiger partial charge in [0.05, 0.1) is 17.6 Å².